The number of carbonyl (C=O) groups is 1. The summed E-state index contributed by atoms with van der Waals surface area (Å²) in [4.78, 5) is 13.8. The quantitative estimate of drug-likeness (QED) is 0.786. The van der Waals surface area contributed by atoms with Crippen LogP contribution in [0.15, 0.2) is 18.2 Å². The van der Waals surface area contributed by atoms with Gasteiger partial charge in [0, 0.05) is 23.7 Å². The van der Waals surface area contributed by atoms with Crippen LogP contribution in [0.5, 0.6) is 5.75 Å². The number of rotatable bonds is 2. The minimum Gasteiger partial charge on any atom is -0.496 e. The highest BCUT2D eigenvalue weighted by Gasteiger charge is 2.24. The van der Waals surface area contributed by atoms with Gasteiger partial charge in [0.2, 0.25) is 0 Å². The first kappa shape index (κ1) is 17.7. The van der Waals surface area contributed by atoms with Crippen LogP contribution in [-0.4, -0.2) is 36.8 Å². The number of nitrogens with zero attached hydrogens (tertiary/aromatic N) is 1. The Balaban J connectivity index is 2.16. The maximum atomic E-state index is 12.1. The van der Waals surface area contributed by atoms with Crippen LogP contribution in [0.25, 0.3) is 5.57 Å². The number of benzene rings is 1. The summed E-state index contributed by atoms with van der Waals surface area (Å²) in [6.07, 6.45) is 2.54. The molecule has 1 aromatic carbocycles. The zero-order valence-electron chi connectivity index (χ0n) is 14.4. The van der Waals surface area contributed by atoms with Crippen LogP contribution in [-0.2, 0) is 4.74 Å². The zero-order chi connectivity index (χ0) is 17.2. The van der Waals surface area contributed by atoms with Crippen molar-refractivity contribution in [3.8, 4) is 5.75 Å². The van der Waals surface area contributed by atoms with E-state index in [1.54, 1.807) is 12.0 Å². The molecule has 1 aliphatic heterocycles. The summed E-state index contributed by atoms with van der Waals surface area (Å²) in [7, 11) is 1.64. The highest BCUT2D eigenvalue weighted by atomic mass is 35.5. The van der Waals surface area contributed by atoms with Crippen molar-refractivity contribution in [3.63, 3.8) is 0 Å². The van der Waals surface area contributed by atoms with Crippen molar-refractivity contribution in [2.24, 2.45) is 0 Å². The van der Waals surface area contributed by atoms with Crippen molar-refractivity contribution in [3.05, 3.63) is 34.4 Å². The molecule has 0 saturated heterocycles. The Kier molecular flexibility index (Phi) is 5.25. The normalized spacial score (nSPS) is 15.2. The average molecular weight is 338 g/mol. The van der Waals surface area contributed by atoms with Crippen molar-refractivity contribution in [1.29, 1.82) is 0 Å². The third-order valence-electron chi connectivity index (χ3n) is 3.69. The van der Waals surface area contributed by atoms with E-state index in [-0.39, 0.29) is 6.09 Å². The van der Waals surface area contributed by atoms with Crippen LogP contribution in [0.1, 0.15) is 38.3 Å². The fourth-order valence-corrected chi connectivity index (χ4v) is 2.64. The number of aryl methyl sites for hydroxylation is 1. The van der Waals surface area contributed by atoms with Crippen molar-refractivity contribution in [2.45, 2.75) is 39.7 Å². The summed E-state index contributed by atoms with van der Waals surface area (Å²) in [5.74, 6) is 0.762. The van der Waals surface area contributed by atoms with Gasteiger partial charge in [0.1, 0.15) is 11.4 Å². The second-order valence-electron chi connectivity index (χ2n) is 6.71. The minimum absolute atomic E-state index is 0.271. The first-order chi connectivity index (χ1) is 10.7. The topological polar surface area (TPSA) is 38.8 Å². The number of hydrogen-bond acceptors (Lipinski definition) is 3. The summed E-state index contributed by atoms with van der Waals surface area (Å²) in [5.41, 5.74) is 2.75. The molecule has 0 spiro atoms. The van der Waals surface area contributed by atoms with Gasteiger partial charge in [0.25, 0.3) is 0 Å². The number of carbonyl (C=O) groups excluding carboxylic acids is 1. The standard InChI is InChI=1S/C18H24ClNO3/c1-12-10-14(16(22-5)11-15(12)19)13-6-8-20(9-7-13)17(21)23-18(2,3)4/h6,10-11H,7-9H2,1-5H3. The van der Waals surface area contributed by atoms with Gasteiger partial charge in [-0.1, -0.05) is 17.7 Å². The van der Waals surface area contributed by atoms with Crippen molar-refractivity contribution >= 4 is 23.3 Å². The number of halogens is 1. The molecule has 1 heterocycles. The number of amides is 1. The highest BCUT2D eigenvalue weighted by Crippen LogP contribution is 2.34. The largest absolute Gasteiger partial charge is 0.496 e. The lowest BCUT2D eigenvalue weighted by molar-refractivity contribution is 0.0270. The highest BCUT2D eigenvalue weighted by molar-refractivity contribution is 6.31. The van der Waals surface area contributed by atoms with Gasteiger partial charge < -0.3 is 14.4 Å². The third-order valence-corrected chi connectivity index (χ3v) is 4.09. The molecule has 0 N–H and O–H groups in total. The third kappa shape index (κ3) is 4.41. The molecule has 0 atom stereocenters. The van der Waals surface area contributed by atoms with Gasteiger partial charge in [-0.05, 0) is 57.4 Å². The van der Waals surface area contributed by atoms with E-state index in [9.17, 15) is 4.79 Å². The van der Waals surface area contributed by atoms with Gasteiger partial charge >= 0.3 is 6.09 Å². The van der Waals surface area contributed by atoms with Crippen molar-refractivity contribution in [1.82, 2.24) is 4.90 Å². The summed E-state index contributed by atoms with van der Waals surface area (Å²) in [6, 6.07) is 3.88. The number of methoxy groups -OCH3 is 1. The predicted octanol–water partition coefficient (Wildman–Crippen LogP) is 4.68. The van der Waals surface area contributed by atoms with Gasteiger partial charge in [0.05, 0.1) is 7.11 Å². The van der Waals surface area contributed by atoms with Crippen LogP contribution < -0.4 is 4.74 Å². The first-order valence-corrected chi connectivity index (χ1v) is 8.10. The van der Waals surface area contributed by atoms with Crippen LogP contribution in [0, 0.1) is 6.92 Å². The lowest BCUT2D eigenvalue weighted by atomic mass is 9.97. The molecule has 0 unspecified atom stereocenters. The van der Waals surface area contributed by atoms with E-state index in [0.717, 1.165) is 23.3 Å². The van der Waals surface area contributed by atoms with Crippen molar-refractivity contribution < 1.29 is 14.3 Å². The van der Waals surface area contributed by atoms with Gasteiger partial charge in [-0.15, -0.1) is 0 Å². The number of ether oxygens (including phenoxy) is 2. The summed E-state index contributed by atoms with van der Waals surface area (Å²) in [6.45, 7) is 8.76. The Morgan fingerprint density at radius 1 is 1.30 bits per heavy atom. The molecule has 5 heteroatoms. The molecule has 0 fully saturated rings. The Hall–Kier alpha value is -1.68. The van der Waals surface area contributed by atoms with Crippen molar-refractivity contribution in [2.75, 3.05) is 20.2 Å². The second kappa shape index (κ2) is 6.83. The Morgan fingerprint density at radius 2 is 2.00 bits per heavy atom. The van der Waals surface area contributed by atoms with Gasteiger partial charge in [-0.3, -0.25) is 0 Å². The smallest absolute Gasteiger partial charge is 0.410 e. The molecule has 1 amide bonds. The van der Waals surface area contributed by atoms with Crippen LogP contribution >= 0.6 is 11.6 Å². The maximum absolute atomic E-state index is 12.1. The molecule has 2 rings (SSSR count). The van der Waals surface area contributed by atoms with E-state index < -0.39 is 5.60 Å². The zero-order valence-corrected chi connectivity index (χ0v) is 15.2. The first-order valence-electron chi connectivity index (χ1n) is 7.72. The van der Waals surface area contributed by atoms with Crippen LogP contribution in [0.2, 0.25) is 5.02 Å². The average Bonchev–Trinajstić information content (AvgIpc) is 2.48. The monoisotopic (exact) mass is 337 g/mol. The fraction of sp³-hybridized carbons (Fsp3) is 0.500. The van der Waals surface area contributed by atoms with E-state index in [2.05, 4.69) is 6.08 Å². The molecular weight excluding hydrogens is 314 g/mol. The van der Waals surface area contributed by atoms with Gasteiger partial charge in [-0.25, -0.2) is 4.79 Å². The second-order valence-corrected chi connectivity index (χ2v) is 7.11. The SMILES string of the molecule is COc1cc(Cl)c(C)cc1C1=CCN(C(=O)OC(C)(C)C)CC1. The van der Waals surface area contributed by atoms with E-state index in [1.807, 2.05) is 39.8 Å². The summed E-state index contributed by atoms with van der Waals surface area (Å²) in [5, 5.41) is 0.692. The molecule has 0 bridgehead atoms. The van der Waals surface area contributed by atoms with E-state index in [4.69, 9.17) is 21.1 Å². The maximum Gasteiger partial charge on any atom is 0.410 e. The lowest BCUT2D eigenvalue weighted by Crippen LogP contribution is -2.39. The lowest BCUT2D eigenvalue weighted by Gasteiger charge is -2.30. The molecule has 0 aromatic heterocycles. The summed E-state index contributed by atoms with van der Waals surface area (Å²) < 4.78 is 10.9. The minimum atomic E-state index is -0.475. The Morgan fingerprint density at radius 3 is 2.52 bits per heavy atom. The fourth-order valence-electron chi connectivity index (χ4n) is 2.49. The van der Waals surface area contributed by atoms with Crippen LogP contribution in [0.4, 0.5) is 4.79 Å². The van der Waals surface area contributed by atoms with E-state index in [1.165, 1.54) is 5.57 Å². The molecule has 126 valence electrons. The molecule has 0 aliphatic carbocycles. The Labute approximate surface area is 143 Å². The van der Waals surface area contributed by atoms with Crippen LogP contribution in [0.3, 0.4) is 0 Å². The van der Waals surface area contributed by atoms with E-state index >= 15 is 0 Å². The molecule has 0 saturated carbocycles. The van der Waals surface area contributed by atoms with E-state index in [0.29, 0.717) is 18.1 Å². The molecule has 23 heavy (non-hydrogen) atoms. The molecule has 4 nitrogen and oxygen atoms in total. The Bertz CT molecular complexity index is 632. The molecule has 1 aromatic rings. The van der Waals surface area contributed by atoms with Gasteiger partial charge in [0.15, 0.2) is 0 Å². The van der Waals surface area contributed by atoms with Gasteiger partial charge in [-0.2, -0.15) is 0 Å². The summed E-state index contributed by atoms with van der Waals surface area (Å²) >= 11 is 6.16. The molecule has 1 aliphatic rings. The molecular formula is C18H24ClNO3. The predicted molar refractivity (Wildman–Crippen MR) is 93.1 cm³/mol. The number of hydrogen-bond donors (Lipinski definition) is 0. The molecule has 0 radical (unpaired) electrons.